The van der Waals surface area contributed by atoms with E-state index in [1.165, 1.54) is 0 Å². The van der Waals surface area contributed by atoms with Crippen LogP contribution in [0.3, 0.4) is 0 Å². The molecule has 0 aromatic heterocycles. The van der Waals surface area contributed by atoms with Crippen molar-refractivity contribution in [1.29, 1.82) is 0 Å². The van der Waals surface area contributed by atoms with Gasteiger partial charge in [0.1, 0.15) is 12.1 Å². The van der Waals surface area contributed by atoms with Gasteiger partial charge in [-0.1, -0.05) is 0 Å². The van der Waals surface area contributed by atoms with Crippen molar-refractivity contribution in [2.24, 2.45) is 0 Å². The van der Waals surface area contributed by atoms with Crippen molar-refractivity contribution < 1.29 is 14.3 Å². The lowest BCUT2D eigenvalue weighted by atomic mass is 10.1. The smallest absolute Gasteiger partial charge is 0.329 e. The molecule has 2 amide bonds. The molecule has 2 rings (SSSR count). The first kappa shape index (κ1) is 10.3. The Hall–Kier alpha value is -1.26. The van der Waals surface area contributed by atoms with Crippen molar-refractivity contribution in [1.82, 2.24) is 10.2 Å². The number of ether oxygens (including phenoxy) is 1. The number of likely N-dealkylation sites (tertiary alicyclic amines) is 1. The van der Waals surface area contributed by atoms with Gasteiger partial charge in [-0.2, -0.15) is 0 Å². The topological polar surface area (TPSA) is 58.6 Å². The summed E-state index contributed by atoms with van der Waals surface area (Å²) in [5.41, 5.74) is -0.275. The molecule has 15 heavy (non-hydrogen) atoms. The van der Waals surface area contributed by atoms with Crippen LogP contribution < -0.4 is 5.32 Å². The first-order chi connectivity index (χ1) is 6.87. The molecule has 0 aromatic rings. The van der Waals surface area contributed by atoms with E-state index in [1.807, 2.05) is 20.8 Å². The van der Waals surface area contributed by atoms with E-state index in [4.69, 9.17) is 4.74 Å². The molecule has 0 spiro atoms. The molecule has 5 nitrogen and oxygen atoms in total. The minimum absolute atomic E-state index is 0.0896. The van der Waals surface area contributed by atoms with Gasteiger partial charge >= 0.3 is 12.0 Å². The normalized spacial score (nSPS) is 29.3. The molecular weight excluding hydrogens is 196 g/mol. The Kier molecular flexibility index (Phi) is 2.13. The highest BCUT2D eigenvalue weighted by molar-refractivity contribution is 5.86. The fraction of sp³-hybridized carbons (Fsp3) is 0.800. The number of hydrogen-bond acceptors (Lipinski definition) is 3. The van der Waals surface area contributed by atoms with Crippen LogP contribution in [0.25, 0.3) is 0 Å². The Bertz CT molecular complexity index is 308. The number of rotatable bonds is 0. The quantitative estimate of drug-likeness (QED) is 0.595. The Labute approximate surface area is 88.8 Å². The lowest BCUT2D eigenvalue weighted by molar-refractivity contribution is -0.149. The van der Waals surface area contributed by atoms with E-state index in [1.54, 1.807) is 4.90 Å². The first-order valence-electron chi connectivity index (χ1n) is 5.16. The van der Waals surface area contributed by atoms with Crippen LogP contribution in [-0.2, 0) is 9.53 Å². The number of amides is 2. The van der Waals surface area contributed by atoms with E-state index in [0.29, 0.717) is 13.0 Å². The largest absolute Gasteiger partial charge is 0.459 e. The number of carbonyl (C=O) groups excluding carboxylic acids is 2. The fourth-order valence-corrected chi connectivity index (χ4v) is 1.97. The van der Waals surface area contributed by atoms with Crippen molar-refractivity contribution in [3.05, 3.63) is 0 Å². The third-order valence-electron chi connectivity index (χ3n) is 2.56. The van der Waals surface area contributed by atoms with Gasteiger partial charge in [0.25, 0.3) is 0 Å². The second-order valence-electron chi connectivity index (χ2n) is 5.14. The number of nitrogens with zero attached hydrogens (tertiary/aromatic N) is 1. The summed E-state index contributed by atoms with van der Waals surface area (Å²) in [6, 6.07) is -0.538. The lowest BCUT2D eigenvalue weighted by Crippen LogP contribution is -2.53. The van der Waals surface area contributed by atoms with Gasteiger partial charge in [0.15, 0.2) is 0 Å². The molecule has 2 atom stereocenters. The number of esters is 1. The van der Waals surface area contributed by atoms with Gasteiger partial charge in [0.2, 0.25) is 0 Å². The van der Waals surface area contributed by atoms with E-state index in [2.05, 4.69) is 5.32 Å². The van der Waals surface area contributed by atoms with Crippen molar-refractivity contribution in [2.75, 3.05) is 6.54 Å². The molecule has 2 bridgehead atoms. The summed E-state index contributed by atoms with van der Waals surface area (Å²) in [4.78, 5) is 24.6. The molecule has 2 aliphatic heterocycles. The first-order valence-corrected chi connectivity index (χ1v) is 5.16. The van der Waals surface area contributed by atoms with E-state index in [-0.39, 0.29) is 29.7 Å². The van der Waals surface area contributed by atoms with Gasteiger partial charge in [0, 0.05) is 12.0 Å². The number of fused-ring (bicyclic) bond motifs is 2. The van der Waals surface area contributed by atoms with Crippen LogP contribution in [-0.4, -0.2) is 41.1 Å². The van der Waals surface area contributed by atoms with Gasteiger partial charge in [-0.15, -0.1) is 0 Å². The van der Waals surface area contributed by atoms with Crippen LogP contribution in [0.15, 0.2) is 0 Å². The Morgan fingerprint density at radius 3 is 2.67 bits per heavy atom. The van der Waals surface area contributed by atoms with Gasteiger partial charge in [-0.3, -0.25) is 0 Å². The van der Waals surface area contributed by atoms with Crippen LogP contribution in [0, 0.1) is 0 Å². The third kappa shape index (κ3) is 1.91. The Morgan fingerprint density at radius 2 is 2.20 bits per heavy atom. The minimum atomic E-state index is -0.364. The number of morpholine rings is 1. The molecule has 2 saturated heterocycles. The summed E-state index contributed by atoms with van der Waals surface area (Å²) in [6.07, 6.45) is 0.560. The monoisotopic (exact) mass is 212 g/mol. The standard InChI is InChI=1S/C10H16N2O3/c1-10(2,3)11-9(14)12-5-6-4-7(12)8(13)15-6/h6-7H,4-5H2,1-3H3,(H,11,14)/t6-,7-/m1/s1. The maximum Gasteiger partial charge on any atom is 0.329 e. The van der Waals surface area contributed by atoms with E-state index in [9.17, 15) is 9.59 Å². The van der Waals surface area contributed by atoms with Crippen molar-refractivity contribution in [3.8, 4) is 0 Å². The predicted octanol–water partition coefficient (Wildman–Crippen LogP) is 0.494. The van der Waals surface area contributed by atoms with Gasteiger partial charge < -0.3 is 15.0 Å². The van der Waals surface area contributed by atoms with Gasteiger partial charge in [0.05, 0.1) is 6.54 Å². The number of urea groups is 1. The highest BCUT2D eigenvalue weighted by Crippen LogP contribution is 2.29. The maximum atomic E-state index is 11.8. The molecule has 2 aliphatic rings. The van der Waals surface area contributed by atoms with Crippen molar-refractivity contribution in [3.63, 3.8) is 0 Å². The second kappa shape index (κ2) is 3.12. The molecular formula is C10H16N2O3. The predicted molar refractivity (Wildman–Crippen MR) is 53.3 cm³/mol. The number of hydrogen-bond donors (Lipinski definition) is 1. The highest BCUT2D eigenvalue weighted by Gasteiger charge is 2.48. The maximum absolute atomic E-state index is 11.8. The molecule has 1 N–H and O–H groups in total. The molecule has 2 heterocycles. The van der Waals surface area contributed by atoms with Crippen LogP contribution in [0.4, 0.5) is 4.79 Å². The molecule has 0 aromatic carbocycles. The number of nitrogens with one attached hydrogen (secondary N) is 1. The molecule has 2 fully saturated rings. The van der Waals surface area contributed by atoms with Crippen LogP contribution in [0.2, 0.25) is 0 Å². The average Bonchev–Trinajstić information content (AvgIpc) is 2.58. The second-order valence-corrected chi connectivity index (χ2v) is 5.14. The Morgan fingerprint density at radius 1 is 1.53 bits per heavy atom. The molecule has 0 unspecified atom stereocenters. The lowest BCUT2D eigenvalue weighted by Gasteiger charge is -2.30. The molecule has 84 valence electrons. The summed E-state index contributed by atoms with van der Waals surface area (Å²) >= 11 is 0. The zero-order chi connectivity index (χ0) is 11.2. The van der Waals surface area contributed by atoms with Crippen LogP contribution in [0.1, 0.15) is 27.2 Å². The summed E-state index contributed by atoms with van der Waals surface area (Å²) < 4.78 is 5.01. The highest BCUT2D eigenvalue weighted by atomic mass is 16.6. The summed E-state index contributed by atoms with van der Waals surface area (Å²) in [5.74, 6) is -0.268. The fourth-order valence-electron chi connectivity index (χ4n) is 1.97. The van der Waals surface area contributed by atoms with Gasteiger partial charge in [-0.25, -0.2) is 9.59 Å². The summed E-state index contributed by atoms with van der Waals surface area (Å²) in [5, 5.41) is 2.85. The zero-order valence-corrected chi connectivity index (χ0v) is 9.24. The molecule has 0 radical (unpaired) electrons. The van der Waals surface area contributed by atoms with Crippen molar-refractivity contribution >= 4 is 12.0 Å². The zero-order valence-electron chi connectivity index (χ0n) is 9.24. The number of carbonyl (C=O) groups is 2. The molecule has 5 heteroatoms. The van der Waals surface area contributed by atoms with Crippen LogP contribution in [0.5, 0.6) is 0 Å². The van der Waals surface area contributed by atoms with E-state index < -0.39 is 0 Å². The Balaban J connectivity index is 2.01. The molecule has 0 aliphatic carbocycles. The average molecular weight is 212 g/mol. The summed E-state index contributed by atoms with van der Waals surface area (Å²) in [7, 11) is 0. The van der Waals surface area contributed by atoms with E-state index in [0.717, 1.165) is 0 Å². The van der Waals surface area contributed by atoms with Crippen molar-refractivity contribution in [2.45, 2.75) is 44.9 Å². The van der Waals surface area contributed by atoms with E-state index >= 15 is 0 Å². The SMILES string of the molecule is CC(C)(C)NC(=O)N1C[C@H]2C[C@@H]1C(=O)O2. The van der Waals surface area contributed by atoms with Crippen LogP contribution >= 0.6 is 0 Å². The van der Waals surface area contributed by atoms with Gasteiger partial charge in [-0.05, 0) is 20.8 Å². The molecule has 0 saturated carbocycles. The minimum Gasteiger partial charge on any atom is -0.459 e. The third-order valence-corrected chi connectivity index (χ3v) is 2.56. The summed E-state index contributed by atoms with van der Waals surface area (Å²) in [6.45, 7) is 6.27.